The van der Waals surface area contributed by atoms with Crippen LogP contribution in [0.15, 0.2) is 24.4 Å². The van der Waals surface area contributed by atoms with Crippen LogP contribution in [0.25, 0.3) is 22.3 Å². The fraction of sp³-hybridized carbons (Fsp3) is 0.429. The number of pyridine rings is 2. The summed E-state index contributed by atoms with van der Waals surface area (Å²) >= 11 is 0. The number of hydrogen-bond acceptors (Lipinski definition) is 6. The highest BCUT2D eigenvalue weighted by molar-refractivity contribution is 5.91. The molecule has 7 nitrogen and oxygen atoms in total. The van der Waals surface area contributed by atoms with E-state index in [1.807, 2.05) is 25.1 Å². The standard InChI is InChI=1S/C21H26N4O3/c1-5-16(10-13-27-3)25-20-19(24-21(25)28-4)18(8-11-22-20)17-7-6-15(9-12-26)23-14(17)2/h6-8,11-12,16H,5,9-10,13H2,1-4H3. The minimum Gasteiger partial charge on any atom is -0.468 e. The lowest BCUT2D eigenvalue weighted by Crippen LogP contribution is -2.12. The van der Waals surface area contributed by atoms with Gasteiger partial charge in [-0.25, -0.2) is 4.98 Å². The van der Waals surface area contributed by atoms with Crippen molar-refractivity contribution in [3.8, 4) is 17.1 Å². The average Bonchev–Trinajstić information content (AvgIpc) is 3.08. The zero-order valence-electron chi connectivity index (χ0n) is 16.8. The summed E-state index contributed by atoms with van der Waals surface area (Å²) in [6, 6.07) is 6.53. The van der Waals surface area contributed by atoms with Crippen molar-refractivity contribution in [2.24, 2.45) is 0 Å². The molecule has 3 aromatic rings. The van der Waals surface area contributed by atoms with Crippen molar-refractivity contribution in [1.82, 2.24) is 19.5 Å². The van der Waals surface area contributed by atoms with Crippen molar-refractivity contribution in [1.29, 1.82) is 0 Å². The number of nitrogens with zero attached hydrogens (tertiary/aromatic N) is 4. The largest absolute Gasteiger partial charge is 0.468 e. The molecule has 0 saturated heterocycles. The lowest BCUT2D eigenvalue weighted by molar-refractivity contribution is -0.107. The highest BCUT2D eigenvalue weighted by atomic mass is 16.5. The van der Waals surface area contributed by atoms with Gasteiger partial charge in [-0.2, -0.15) is 4.98 Å². The second kappa shape index (κ2) is 8.93. The van der Waals surface area contributed by atoms with E-state index in [1.165, 1.54) is 0 Å². The Morgan fingerprint density at radius 1 is 1.18 bits per heavy atom. The number of aromatic nitrogens is 4. The Kier molecular flexibility index (Phi) is 6.36. The lowest BCUT2D eigenvalue weighted by Gasteiger charge is -2.18. The maximum absolute atomic E-state index is 10.8. The van der Waals surface area contributed by atoms with Crippen LogP contribution in [0.1, 0.15) is 37.2 Å². The van der Waals surface area contributed by atoms with Crippen LogP contribution < -0.4 is 4.74 Å². The third-order valence-electron chi connectivity index (χ3n) is 4.95. The van der Waals surface area contributed by atoms with Crippen molar-refractivity contribution in [2.45, 2.75) is 39.2 Å². The second-order valence-electron chi connectivity index (χ2n) is 6.65. The van der Waals surface area contributed by atoms with Crippen molar-refractivity contribution in [3.63, 3.8) is 0 Å². The molecule has 0 spiro atoms. The zero-order valence-corrected chi connectivity index (χ0v) is 16.8. The third-order valence-corrected chi connectivity index (χ3v) is 4.95. The molecule has 148 valence electrons. The number of carbonyl (C=O) groups is 1. The molecule has 0 aromatic carbocycles. The Balaban J connectivity index is 2.15. The van der Waals surface area contributed by atoms with E-state index in [2.05, 4.69) is 21.5 Å². The van der Waals surface area contributed by atoms with Crippen LogP contribution >= 0.6 is 0 Å². The molecule has 0 N–H and O–H groups in total. The number of aryl methyl sites for hydroxylation is 1. The van der Waals surface area contributed by atoms with E-state index in [0.29, 0.717) is 19.0 Å². The molecule has 0 saturated carbocycles. The third kappa shape index (κ3) is 3.75. The molecule has 0 aliphatic rings. The Labute approximate surface area is 164 Å². The second-order valence-corrected chi connectivity index (χ2v) is 6.65. The van der Waals surface area contributed by atoms with Gasteiger partial charge >= 0.3 is 0 Å². The van der Waals surface area contributed by atoms with Gasteiger partial charge < -0.3 is 14.3 Å². The SMILES string of the molecule is CCC(CCOC)n1c(OC)nc2c(-c3ccc(CC=O)nc3C)ccnc21. The summed E-state index contributed by atoms with van der Waals surface area (Å²) in [6.45, 7) is 4.73. The number of fused-ring (bicyclic) bond motifs is 1. The van der Waals surface area contributed by atoms with E-state index in [1.54, 1.807) is 20.4 Å². The predicted octanol–water partition coefficient (Wildman–Crippen LogP) is 3.54. The number of rotatable bonds is 9. The fourth-order valence-corrected chi connectivity index (χ4v) is 3.53. The van der Waals surface area contributed by atoms with Gasteiger partial charge in [0.1, 0.15) is 11.8 Å². The van der Waals surface area contributed by atoms with Crippen LogP contribution in [0.3, 0.4) is 0 Å². The first-order valence-corrected chi connectivity index (χ1v) is 9.44. The van der Waals surface area contributed by atoms with Crippen molar-refractivity contribution < 1.29 is 14.3 Å². The Morgan fingerprint density at radius 2 is 2.00 bits per heavy atom. The number of ether oxygens (including phenoxy) is 2. The first-order chi connectivity index (χ1) is 13.6. The van der Waals surface area contributed by atoms with E-state index >= 15 is 0 Å². The Bertz CT molecular complexity index is 968. The van der Waals surface area contributed by atoms with E-state index < -0.39 is 0 Å². The number of hydrogen-bond donors (Lipinski definition) is 0. The van der Waals surface area contributed by atoms with Gasteiger partial charge in [-0.1, -0.05) is 13.0 Å². The fourth-order valence-electron chi connectivity index (χ4n) is 3.53. The van der Waals surface area contributed by atoms with Crippen molar-refractivity contribution in [3.05, 3.63) is 35.8 Å². The van der Waals surface area contributed by atoms with Gasteiger partial charge in [0.2, 0.25) is 0 Å². The highest BCUT2D eigenvalue weighted by Gasteiger charge is 2.22. The molecule has 3 heterocycles. The molecule has 1 unspecified atom stereocenters. The van der Waals surface area contributed by atoms with Gasteiger partial charge in [0.05, 0.1) is 7.11 Å². The minimum atomic E-state index is 0.178. The van der Waals surface area contributed by atoms with Crippen molar-refractivity contribution in [2.75, 3.05) is 20.8 Å². The van der Waals surface area contributed by atoms with Crippen molar-refractivity contribution >= 4 is 17.5 Å². The highest BCUT2D eigenvalue weighted by Crippen LogP contribution is 2.34. The minimum absolute atomic E-state index is 0.178. The number of methoxy groups -OCH3 is 2. The van der Waals surface area contributed by atoms with E-state index in [0.717, 1.165) is 52.8 Å². The molecular weight excluding hydrogens is 356 g/mol. The molecule has 7 heteroatoms. The number of imidazole rings is 1. The molecule has 0 radical (unpaired) electrons. The predicted molar refractivity (Wildman–Crippen MR) is 108 cm³/mol. The van der Waals surface area contributed by atoms with Crippen LogP contribution in [0.5, 0.6) is 6.01 Å². The summed E-state index contributed by atoms with van der Waals surface area (Å²) in [5.41, 5.74) is 5.10. The maximum atomic E-state index is 10.8. The molecular formula is C21H26N4O3. The normalized spacial score (nSPS) is 12.3. The molecule has 0 aliphatic heterocycles. The van der Waals surface area contributed by atoms with Crippen LogP contribution in [0.4, 0.5) is 0 Å². The summed E-state index contributed by atoms with van der Waals surface area (Å²) in [5.74, 6) is 0. The Hall–Kier alpha value is -2.80. The topological polar surface area (TPSA) is 79.1 Å². The molecule has 3 aromatic heterocycles. The molecule has 1 atom stereocenters. The van der Waals surface area contributed by atoms with E-state index in [4.69, 9.17) is 14.5 Å². The summed E-state index contributed by atoms with van der Waals surface area (Å²) in [5, 5.41) is 0. The monoisotopic (exact) mass is 382 g/mol. The quantitative estimate of drug-likeness (QED) is 0.527. The van der Waals surface area contributed by atoms with E-state index in [9.17, 15) is 4.79 Å². The van der Waals surface area contributed by atoms with Gasteiger partial charge in [0.15, 0.2) is 5.65 Å². The van der Waals surface area contributed by atoms with Crippen LogP contribution in [-0.4, -0.2) is 46.6 Å². The average molecular weight is 382 g/mol. The summed E-state index contributed by atoms with van der Waals surface area (Å²) < 4.78 is 12.9. The van der Waals surface area contributed by atoms with Gasteiger partial charge in [-0.3, -0.25) is 9.55 Å². The molecule has 3 rings (SSSR count). The van der Waals surface area contributed by atoms with Crippen LogP contribution in [0.2, 0.25) is 0 Å². The first kappa shape index (κ1) is 19.9. The van der Waals surface area contributed by atoms with Gasteiger partial charge in [0, 0.05) is 54.9 Å². The molecule has 0 fully saturated rings. The first-order valence-electron chi connectivity index (χ1n) is 9.44. The van der Waals surface area contributed by atoms with Crippen LogP contribution in [0, 0.1) is 6.92 Å². The number of aldehydes is 1. The Morgan fingerprint density at radius 3 is 2.64 bits per heavy atom. The summed E-state index contributed by atoms with van der Waals surface area (Å²) in [6.07, 6.45) is 4.73. The smallest absolute Gasteiger partial charge is 0.298 e. The molecule has 0 amide bonds. The molecule has 28 heavy (non-hydrogen) atoms. The van der Waals surface area contributed by atoms with E-state index in [-0.39, 0.29) is 6.04 Å². The number of carbonyl (C=O) groups excluding carboxylic acids is 1. The molecule has 0 aliphatic carbocycles. The summed E-state index contributed by atoms with van der Waals surface area (Å²) in [7, 11) is 3.33. The summed E-state index contributed by atoms with van der Waals surface area (Å²) in [4.78, 5) is 24.7. The van der Waals surface area contributed by atoms with Gasteiger partial charge in [-0.05, 0) is 31.9 Å². The zero-order chi connectivity index (χ0) is 20.1. The lowest BCUT2D eigenvalue weighted by atomic mass is 10.0. The van der Waals surface area contributed by atoms with Gasteiger partial charge in [0.25, 0.3) is 6.01 Å². The molecule has 0 bridgehead atoms. The van der Waals surface area contributed by atoms with Gasteiger partial charge in [-0.15, -0.1) is 0 Å². The van der Waals surface area contributed by atoms with Crippen LogP contribution in [-0.2, 0) is 16.0 Å². The maximum Gasteiger partial charge on any atom is 0.298 e.